The standard InChI is InChI=1S/C11H15F3N4O/c1-18(2)6-5-15-10(19)17-8-3-4-9(16-7-8)11(12,13)14/h3-4,7H,5-6H2,1-2H3,(H2,15,17,19). The van der Waals surface area contributed by atoms with Crippen LogP contribution in [-0.2, 0) is 6.18 Å². The van der Waals surface area contributed by atoms with E-state index in [2.05, 4.69) is 15.6 Å². The van der Waals surface area contributed by atoms with E-state index >= 15 is 0 Å². The van der Waals surface area contributed by atoms with E-state index in [1.807, 2.05) is 19.0 Å². The maximum atomic E-state index is 12.3. The van der Waals surface area contributed by atoms with Crippen LogP contribution in [0.3, 0.4) is 0 Å². The van der Waals surface area contributed by atoms with Crippen LogP contribution in [0.2, 0.25) is 0 Å². The van der Waals surface area contributed by atoms with Gasteiger partial charge in [-0.05, 0) is 26.2 Å². The molecule has 5 nitrogen and oxygen atoms in total. The number of halogens is 3. The van der Waals surface area contributed by atoms with Crippen LogP contribution in [0.1, 0.15) is 5.69 Å². The van der Waals surface area contributed by atoms with Gasteiger partial charge in [0, 0.05) is 13.1 Å². The van der Waals surface area contributed by atoms with Gasteiger partial charge in [-0.25, -0.2) is 9.78 Å². The average molecular weight is 276 g/mol. The number of carbonyl (C=O) groups excluding carboxylic acids is 1. The number of nitrogens with zero attached hydrogens (tertiary/aromatic N) is 2. The number of hydrogen-bond donors (Lipinski definition) is 2. The van der Waals surface area contributed by atoms with Crippen LogP contribution in [-0.4, -0.2) is 43.1 Å². The number of amides is 2. The Labute approximate surface area is 108 Å². The summed E-state index contributed by atoms with van der Waals surface area (Å²) in [6, 6.07) is 1.49. The van der Waals surface area contributed by atoms with E-state index < -0.39 is 17.9 Å². The molecule has 1 aromatic rings. The summed E-state index contributed by atoms with van der Waals surface area (Å²) in [4.78, 5) is 16.5. The lowest BCUT2D eigenvalue weighted by molar-refractivity contribution is -0.141. The molecule has 0 aliphatic carbocycles. The quantitative estimate of drug-likeness (QED) is 0.881. The molecular weight excluding hydrogens is 261 g/mol. The summed E-state index contributed by atoms with van der Waals surface area (Å²) in [5.74, 6) is 0. The molecule has 0 saturated heterocycles. The van der Waals surface area contributed by atoms with Gasteiger partial charge in [-0.2, -0.15) is 13.2 Å². The minimum absolute atomic E-state index is 0.204. The second-order valence-electron chi connectivity index (χ2n) is 4.11. The van der Waals surface area contributed by atoms with Crippen LogP contribution < -0.4 is 10.6 Å². The first kappa shape index (κ1) is 15.2. The molecule has 1 aromatic heterocycles. The van der Waals surface area contributed by atoms with Crippen LogP contribution in [0.4, 0.5) is 23.7 Å². The molecule has 2 N–H and O–H groups in total. The van der Waals surface area contributed by atoms with Crippen molar-refractivity contribution in [2.45, 2.75) is 6.18 Å². The SMILES string of the molecule is CN(C)CCNC(=O)Nc1ccc(C(F)(F)F)nc1. The van der Waals surface area contributed by atoms with Crippen molar-refractivity contribution in [3.63, 3.8) is 0 Å². The zero-order valence-electron chi connectivity index (χ0n) is 10.6. The van der Waals surface area contributed by atoms with E-state index in [0.717, 1.165) is 18.3 Å². The zero-order valence-corrected chi connectivity index (χ0v) is 10.6. The molecule has 0 spiro atoms. The normalized spacial score (nSPS) is 11.5. The van der Waals surface area contributed by atoms with Crippen LogP contribution in [0, 0.1) is 0 Å². The van der Waals surface area contributed by atoms with Crippen LogP contribution in [0.5, 0.6) is 0 Å². The van der Waals surface area contributed by atoms with Crippen molar-refractivity contribution in [3.05, 3.63) is 24.0 Å². The van der Waals surface area contributed by atoms with E-state index in [1.54, 1.807) is 0 Å². The number of likely N-dealkylation sites (N-methyl/N-ethyl adjacent to an activating group) is 1. The molecule has 0 atom stereocenters. The maximum absolute atomic E-state index is 12.3. The van der Waals surface area contributed by atoms with Crippen molar-refractivity contribution in [3.8, 4) is 0 Å². The predicted octanol–water partition coefficient (Wildman–Crippen LogP) is 1.78. The first-order valence-corrected chi connectivity index (χ1v) is 5.52. The lowest BCUT2D eigenvalue weighted by Gasteiger charge is -2.11. The molecule has 1 rings (SSSR count). The lowest BCUT2D eigenvalue weighted by Crippen LogP contribution is -2.34. The van der Waals surface area contributed by atoms with Crippen LogP contribution in [0.15, 0.2) is 18.3 Å². The van der Waals surface area contributed by atoms with Gasteiger partial charge in [-0.3, -0.25) is 0 Å². The fourth-order valence-electron chi connectivity index (χ4n) is 1.20. The van der Waals surface area contributed by atoms with E-state index in [-0.39, 0.29) is 5.69 Å². The van der Waals surface area contributed by atoms with Gasteiger partial charge >= 0.3 is 12.2 Å². The number of urea groups is 1. The molecule has 0 aromatic carbocycles. The number of nitrogens with one attached hydrogen (secondary N) is 2. The zero-order chi connectivity index (χ0) is 14.5. The summed E-state index contributed by atoms with van der Waals surface area (Å²) in [6.45, 7) is 1.10. The Morgan fingerprint density at radius 1 is 1.37 bits per heavy atom. The Kier molecular flexibility index (Phi) is 5.11. The molecule has 19 heavy (non-hydrogen) atoms. The number of hydrogen-bond acceptors (Lipinski definition) is 3. The second-order valence-corrected chi connectivity index (χ2v) is 4.11. The van der Waals surface area contributed by atoms with E-state index in [9.17, 15) is 18.0 Å². The number of alkyl halides is 3. The molecule has 0 bridgehead atoms. The number of anilines is 1. The summed E-state index contributed by atoms with van der Waals surface area (Å²) in [5.41, 5.74) is -0.790. The molecule has 106 valence electrons. The van der Waals surface area contributed by atoms with Gasteiger partial charge < -0.3 is 15.5 Å². The van der Waals surface area contributed by atoms with Crippen molar-refractivity contribution in [2.75, 3.05) is 32.5 Å². The fourth-order valence-corrected chi connectivity index (χ4v) is 1.20. The molecule has 0 saturated carbocycles. The second kappa shape index (κ2) is 6.37. The third-order valence-corrected chi connectivity index (χ3v) is 2.16. The van der Waals surface area contributed by atoms with Crippen molar-refractivity contribution >= 4 is 11.7 Å². The molecule has 8 heteroatoms. The highest BCUT2D eigenvalue weighted by molar-refractivity contribution is 5.88. The molecule has 0 aliphatic heterocycles. The predicted molar refractivity (Wildman–Crippen MR) is 64.8 cm³/mol. The number of rotatable bonds is 4. The molecule has 0 fully saturated rings. The summed E-state index contributed by atoms with van der Waals surface area (Å²) in [7, 11) is 3.72. The van der Waals surface area contributed by atoms with Crippen molar-refractivity contribution in [2.24, 2.45) is 0 Å². The van der Waals surface area contributed by atoms with Crippen LogP contribution in [0.25, 0.3) is 0 Å². The van der Waals surface area contributed by atoms with Gasteiger partial charge in [0.1, 0.15) is 5.69 Å². The third kappa shape index (κ3) is 5.56. The van der Waals surface area contributed by atoms with Crippen molar-refractivity contribution < 1.29 is 18.0 Å². The van der Waals surface area contributed by atoms with E-state index in [1.165, 1.54) is 0 Å². The van der Waals surface area contributed by atoms with Gasteiger partial charge in [0.2, 0.25) is 0 Å². The van der Waals surface area contributed by atoms with Gasteiger partial charge in [0.15, 0.2) is 0 Å². The first-order valence-electron chi connectivity index (χ1n) is 5.52. The Bertz CT molecular complexity index is 417. The smallest absolute Gasteiger partial charge is 0.337 e. The van der Waals surface area contributed by atoms with Crippen LogP contribution >= 0.6 is 0 Å². The molecule has 0 unspecified atom stereocenters. The van der Waals surface area contributed by atoms with Gasteiger partial charge in [-0.15, -0.1) is 0 Å². The van der Waals surface area contributed by atoms with Crippen molar-refractivity contribution in [1.82, 2.24) is 15.2 Å². The topological polar surface area (TPSA) is 57.3 Å². The first-order chi connectivity index (χ1) is 8.79. The van der Waals surface area contributed by atoms with Gasteiger partial charge in [-0.1, -0.05) is 0 Å². The Hall–Kier alpha value is -1.83. The molecular formula is C11H15F3N4O. The number of pyridine rings is 1. The molecule has 0 aliphatic rings. The summed E-state index contributed by atoms with van der Waals surface area (Å²) >= 11 is 0. The maximum Gasteiger partial charge on any atom is 0.433 e. The van der Waals surface area contributed by atoms with Gasteiger partial charge in [0.05, 0.1) is 11.9 Å². The van der Waals surface area contributed by atoms with E-state index in [0.29, 0.717) is 13.1 Å². The Balaban J connectivity index is 2.47. The molecule has 0 radical (unpaired) electrons. The number of carbonyl (C=O) groups is 1. The Morgan fingerprint density at radius 3 is 2.53 bits per heavy atom. The summed E-state index contributed by atoms with van der Waals surface area (Å²) in [5, 5.41) is 4.96. The summed E-state index contributed by atoms with van der Waals surface area (Å²) in [6.07, 6.45) is -3.51. The fraction of sp³-hybridized carbons (Fsp3) is 0.455. The number of aromatic nitrogens is 1. The highest BCUT2D eigenvalue weighted by Gasteiger charge is 2.32. The highest BCUT2D eigenvalue weighted by Crippen LogP contribution is 2.27. The monoisotopic (exact) mass is 276 g/mol. The minimum atomic E-state index is -4.48. The Morgan fingerprint density at radius 2 is 2.05 bits per heavy atom. The average Bonchev–Trinajstić information content (AvgIpc) is 2.27. The van der Waals surface area contributed by atoms with E-state index in [4.69, 9.17) is 0 Å². The molecule has 1 heterocycles. The highest BCUT2D eigenvalue weighted by atomic mass is 19.4. The third-order valence-electron chi connectivity index (χ3n) is 2.16. The van der Waals surface area contributed by atoms with Crippen molar-refractivity contribution in [1.29, 1.82) is 0 Å². The minimum Gasteiger partial charge on any atom is -0.337 e. The summed E-state index contributed by atoms with van der Waals surface area (Å²) < 4.78 is 36.8. The van der Waals surface area contributed by atoms with Gasteiger partial charge in [0.25, 0.3) is 0 Å². The largest absolute Gasteiger partial charge is 0.433 e. The molecule has 2 amide bonds. The lowest BCUT2D eigenvalue weighted by atomic mass is 10.3.